The molecule has 0 aliphatic rings. The van der Waals surface area contributed by atoms with Crippen molar-refractivity contribution < 1.29 is 23.0 Å². The number of benzene rings is 2. The fourth-order valence-corrected chi connectivity index (χ4v) is 3.32. The van der Waals surface area contributed by atoms with Crippen LogP contribution in [0, 0.1) is 5.41 Å². The van der Waals surface area contributed by atoms with E-state index in [1.165, 1.54) is 0 Å². The van der Waals surface area contributed by atoms with Gasteiger partial charge in [-0.15, -0.1) is 0 Å². The Balaban J connectivity index is 1.89. The highest BCUT2D eigenvalue weighted by atomic mass is 32.2. The molecule has 0 bridgehead atoms. The quantitative estimate of drug-likeness (QED) is 0.324. The standard InChI is InChI=1S/C22H32N4O5S/c1-15(23)20-18(26-32(28)29)6-5-7-19(20)31-14-22(2,3)13-25-21(27)24-12-16-8-10-17(30-4)11-9-16/h5-11,15,26H,12-14,23H2,1-4H3,(H,28,29)(H2,24,25,27). The summed E-state index contributed by atoms with van der Waals surface area (Å²) in [5, 5.41) is 5.69. The monoisotopic (exact) mass is 464 g/mol. The molecule has 2 rings (SSSR count). The topological polar surface area (TPSA) is 135 Å². The van der Waals surface area contributed by atoms with E-state index in [-0.39, 0.29) is 11.4 Å². The summed E-state index contributed by atoms with van der Waals surface area (Å²) in [6, 6.07) is 11.9. The normalized spacial score (nSPS) is 13.1. The van der Waals surface area contributed by atoms with E-state index in [2.05, 4.69) is 15.4 Å². The minimum absolute atomic E-state index is 0.276. The van der Waals surface area contributed by atoms with Crippen molar-refractivity contribution in [2.24, 2.45) is 11.1 Å². The Morgan fingerprint density at radius 3 is 2.47 bits per heavy atom. The Morgan fingerprint density at radius 2 is 1.88 bits per heavy atom. The Bertz CT molecular complexity index is 919. The van der Waals surface area contributed by atoms with Gasteiger partial charge in [0.2, 0.25) is 0 Å². The third-order valence-corrected chi connectivity index (χ3v) is 5.07. The second-order valence-corrected chi connectivity index (χ2v) is 8.90. The number of urea groups is 1. The largest absolute Gasteiger partial charge is 0.497 e. The van der Waals surface area contributed by atoms with Gasteiger partial charge in [0.15, 0.2) is 0 Å². The van der Waals surface area contributed by atoms with Crippen LogP contribution in [0.5, 0.6) is 11.5 Å². The molecule has 0 saturated heterocycles. The van der Waals surface area contributed by atoms with Crippen molar-refractivity contribution in [2.45, 2.75) is 33.4 Å². The van der Waals surface area contributed by atoms with Gasteiger partial charge in [0.1, 0.15) is 11.5 Å². The van der Waals surface area contributed by atoms with E-state index >= 15 is 0 Å². The number of ether oxygens (including phenoxy) is 2. The number of rotatable bonds is 11. The highest BCUT2D eigenvalue weighted by Gasteiger charge is 2.22. The van der Waals surface area contributed by atoms with Gasteiger partial charge in [-0.05, 0) is 36.8 Å². The number of hydrogen-bond donors (Lipinski definition) is 5. The van der Waals surface area contributed by atoms with Crippen LogP contribution in [0.25, 0.3) is 0 Å². The molecule has 2 amide bonds. The average molecular weight is 465 g/mol. The average Bonchev–Trinajstić information content (AvgIpc) is 2.74. The molecule has 0 aliphatic heterocycles. The van der Waals surface area contributed by atoms with E-state index in [0.29, 0.717) is 36.7 Å². The summed E-state index contributed by atoms with van der Waals surface area (Å²) in [7, 11) is 1.61. The fraction of sp³-hybridized carbons (Fsp3) is 0.409. The zero-order chi connectivity index (χ0) is 23.7. The smallest absolute Gasteiger partial charge is 0.315 e. The number of nitrogens with two attached hydrogens (primary N) is 1. The molecule has 6 N–H and O–H groups in total. The number of amides is 2. The van der Waals surface area contributed by atoms with Gasteiger partial charge in [0, 0.05) is 30.1 Å². The van der Waals surface area contributed by atoms with Crippen LogP contribution >= 0.6 is 0 Å². The molecule has 0 heterocycles. The minimum atomic E-state index is -2.22. The second-order valence-electron chi connectivity index (χ2n) is 8.19. The van der Waals surface area contributed by atoms with Crippen molar-refractivity contribution in [1.82, 2.24) is 10.6 Å². The molecule has 0 aromatic heterocycles. The Labute approximate surface area is 191 Å². The predicted octanol–water partition coefficient (Wildman–Crippen LogP) is 3.17. The number of nitrogens with one attached hydrogen (secondary N) is 3. The van der Waals surface area contributed by atoms with Crippen LogP contribution in [-0.2, 0) is 17.8 Å². The first-order chi connectivity index (χ1) is 15.1. The van der Waals surface area contributed by atoms with E-state index < -0.39 is 17.3 Å². The molecule has 10 heteroatoms. The van der Waals surface area contributed by atoms with Crippen molar-refractivity contribution in [1.29, 1.82) is 0 Å². The lowest BCUT2D eigenvalue weighted by Crippen LogP contribution is -2.42. The number of hydrogen-bond acceptors (Lipinski definition) is 5. The summed E-state index contributed by atoms with van der Waals surface area (Å²) < 4.78 is 33.9. The summed E-state index contributed by atoms with van der Waals surface area (Å²) in [6.07, 6.45) is 0. The van der Waals surface area contributed by atoms with Crippen LogP contribution in [0.3, 0.4) is 0 Å². The summed E-state index contributed by atoms with van der Waals surface area (Å²) in [5.41, 5.74) is 7.68. The van der Waals surface area contributed by atoms with Gasteiger partial charge < -0.3 is 25.8 Å². The summed E-state index contributed by atoms with van der Waals surface area (Å²) in [4.78, 5) is 12.2. The number of carbonyl (C=O) groups is 1. The molecule has 0 spiro atoms. The van der Waals surface area contributed by atoms with Gasteiger partial charge in [-0.25, -0.2) is 9.00 Å². The molecular formula is C22H32N4O5S. The molecule has 9 nitrogen and oxygen atoms in total. The molecule has 176 valence electrons. The molecule has 2 unspecified atom stereocenters. The highest BCUT2D eigenvalue weighted by Crippen LogP contribution is 2.32. The van der Waals surface area contributed by atoms with E-state index in [1.54, 1.807) is 32.2 Å². The lowest BCUT2D eigenvalue weighted by Gasteiger charge is -2.27. The van der Waals surface area contributed by atoms with Gasteiger partial charge in [-0.3, -0.25) is 9.27 Å². The van der Waals surface area contributed by atoms with Gasteiger partial charge in [-0.2, -0.15) is 0 Å². The molecule has 0 radical (unpaired) electrons. The van der Waals surface area contributed by atoms with Gasteiger partial charge in [0.05, 0.1) is 19.4 Å². The van der Waals surface area contributed by atoms with E-state index in [9.17, 15) is 9.00 Å². The minimum Gasteiger partial charge on any atom is -0.497 e. The van der Waals surface area contributed by atoms with Gasteiger partial charge in [0.25, 0.3) is 11.3 Å². The first kappa shape index (κ1) is 25.4. The van der Waals surface area contributed by atoms with Crippen LogP contribution in [0.4, 0.5) is 10.5 Å². The van der Waals surface area contributed by atoms with Crippen LogP contribution < -0.4 is 30.6 Å². The first-order valence-corrected chi connectivity index (χ1v) is 11.3. The Kier molecular flexibility index (Phi) is 9.30. The maximum atomic E-state index is 12.2. The molecule has 2 atom stereocenters. The lowest BCUT2D eigenvalue weighted by molar-refractivity contribution is 0.173. The molecule has 0 saturated carbocycles. The number of carbonyl (C=O) groups excluding carboxylic acids is 1. The van der Waals surface area contributed by atoms with Gasteiger partial charge >= 0.3 is 6.03 Å². The maximum Gasteiger partial charge on any atom is 0.315 e. The Hall–Kier alpha value is -2.82. The predicted molar refractivity (Wildman–Crippen MR) is 126 cm³/mol. The third-order valence-electron chi connectivity index (χ3n) is 4.68. The van der Waals surface area contributed by atoms with Crippen LogP contribution in [-0.4, -0.2) is 35.1 Å². The summed E-state index contributed by atoms with van der Waals surface area (Å²) in [6.45, 7) is 6.79. The lowest BCUT2D eigenvalue weighted by atomic mass is 9.95. The van der Waals surface area contributed by atoms with Crippen LogP contribution in [0.1, 0.15) is 37.9 Å². The summed E-state index contributed by atoms with van der Waals surface area (Å²) in [5.74, 6) is 1.28. The van der Waals surface area contributed by atoms with Crippen LogP contribution in [0.15, 0.2) is 42.5 Å². The molecule has 0 fully saturated rings. The SMILES string of the molecule is COc1ccc(CNC(=O)NCC(C)(C)COc2cccc(NS(=O)O)c2C(C)N)cc1. The van der Waals surface area contributed by atoms with E-state index in [1.807, 2.05) is 38.1 Å². The van der Waals surface area contributed by atoms with Crippen LogP contribution in [0.2, 0.25) is 0 Å². The fourth-order valence-electron chi connectivity index (χ4n) is 2.95. The Morgan fingerprint density at radius 1 is 1.19 bits per heavy atom. The molecule has 2 aromatic rings. The molecule has 32 heavy (non-hydrogen) atoms. The van der Waals surface area contributed by atoms with Crippen molar-refractivity contribution in [2.75, 3.05) is 25.0 Å². The zero-order valence-electron chi connectivity index (χ0n) is 18.8. The van der Waals surface area contributed by atoms with E-state index in [4.69, 9.17) is 19.8 Å². The van der Waals surface area contributed by atoms with Crippen molar-refractivity contribution in [3.63, 3.8) is 0 Å². The molecule has 0 aliphatic carbocycles. The van der Waals surface area contributed by atoms with E-state index in [0.717, 1.165) is 11.3 Å². The van der Waals surface area contributed by atoms with Crippen molar-refractivity contribution in [3.8, 4) is 11.5 Å². The zero-order valence-corrected chi connectivity index (χ0v) is 19.6. The van der Waals surface area contributed by atoms with Gasteiger partial charge in [-0.1, -0.05) is 32.0 Å². The number of anilines is 1. The van der Waals surface area contributed by atoms with Crippen molar-refractivity contribution >= 4 is 23.0 Å². The highest BCUT2D eigenvalue weighted by molar-refractivity contribution is 7.80. The molecular weight excluding hydrogens is 432 g/mol. The molecule has 2 aromatic carbocycles. The second kappa shape index (κ2) is 11.7. The number of methoxy groups -OCH3 is 1. The van der Waals surface area contributed by atoms with Crippen molar-refractivity contribution in [3.05, 3.63) is 53.6 Å². The maximum absolute atomic E-state index is 12.2. The first-order valence-electron chi connectivity index (χ1n) is 10.1. The third kappa shape index (κ3) is 8.03. The summed E-state index contributed by atoms with van der Waals surface area (Å²) >= 11 is -2.22.